The quantitative estimate of drug-likeness (QED) is 0.373. The lowest BCUT2D eigenvalue weighted by atomic mass is 9.97. The Morgan fingerprint density at radius 1 is 1.00 bits per heavy atom. The normalized spacial score (nSPS) is 13.3. The van der Waals surface area contributed by atoms with Gasteiger partial charge in [-0.3, -0.25) is 0 Å². The highest BCUT2D eigenvalue weighted by Gasteiger charge is 2.38. The molecule has 0 saturated carbocycles. The van der Waals surface area contributed by atoms with Crippen molar-refractivity contribution in [3.63, 3.8) is 0 Å². The van der Waals surface area contributed by atoms with Crippen molar-refractivity contribution in [1.29, 1.82) is 0 Å². The Morgan fingerprint density at radius 2 is 1.66 bits per heavy atom. The first-order valence-corrected chi connectivity index (χ1v) is 13.4. The van der Waals surface area contributed by atoms with Crippen LogP contribution < -0.4 is 0 Å². The third-order valence-electron chi connectivity index (χ3n) is 5.83. The van der Waals surface area contributed by atoms with Crippen molar-refractivity contribution in [1.82, 2.24) is 0 Å². The second-order valence-corrected chi connectivity index (χ2v) is 14.9. The standard InChI is InChI=1S/C23H27F3OSSi/c1-15-9-7-8-10-17(15)20-18-13-16(14-27-29(5,6)22(2,3)4)11-12-19(18)28-21(20)23(24,25)26/h7-13H,14H2,1-6H3. The maximum Gasteiger partial charge on any atom is 0.426 e. The number of thiophene rings is 1. The van der Waals surface area contributed by atoms with E-state index in [9.17, 15) is 13.2 Å². The lowest BCUT2D eigenvalue weighted by Gasteiger charge is -2.36. The first-order valence-electron chi connectivity index (χ1n) is 9.64. The lowest BCUT2D eigenvalue weighted by Crippen LogP contribution is -2.40. The zero-order valence-corrected chi connectivity index (χ0v) is 19.5. The van der Waals surface area contributed by atoms with E-state index in [4.69, 9.17) is 4.43 Å². The molecule has 0 spiro atoms. The first-order chi connectivity index (χ1) is 13.3. The highest BCUT2D eigenvalue weighted by atomic mass is 32.1. The molecule has 0 aliphatic carbocycles. The molecule has 0 N–H and O–H groups in total. The number of aryl methyl sites for hydroxylation is 1. The van der Waals surface area contributed by atoms with Gasteiger partial charge in [0, 0.05) is 15.6 Å². The van der Waals surface area contributed by atoms with Crippen LogP contribution in [0.1, 0.15) is 36.8 Å². The van der Waals surface area contributed by atoms with Gasteiger partial charge in [0.05, 0.1) is 6.61 Å². The summed E-state index contributed by atoms with van der Waals surface area (Å²) in [6, 6.07) is 12.8. The minimum atomic E-state index is -4.39. The first kappa shape index (κ1) is 22.1. The molecule has 0 bridgehead atoms. The van der Waals surface area contributed by atoms with Crippen LogP contribution in [0.4, 0.5) is 13.2 Å². The van der Waals surface area contributed by atoms with Gasteiger partial charge in [-0.2, -0.15) is 13.2 Å². The Labute approximate surface area is 175 Å². The molecule has 0 atom stereocenters. The fourth-order valence-corrected chi connectivity index (χ4v) is 5.06. The average molecular weight is 437 g/mol. The minimum absolute atomic E-state index is 0.0786. The van der Waals surface area contributed by atoms with Crippen LogP contribution in [-0.4, -0.2) is 8.32 Å². The third kappa shape index (κ3) is 4.44. The van der Waals surface area contributed by atoms with Gasteiger partial charge >= 0.3 is 6.18 Å². The zero-order valence-electron chi connectivity index (χ0n) is 17.7. The van der Waals surface area contributed by atoms with E-state index in [1.54, 1.807) is 18.2 Å². The molecule has 2 aromatic carbocycles. The summed E-state index contributed by atoms with van der Waals surface area (Å²) >= 11 is 0.814. The fourth-order valence-electron chi connectivity index (χ4n) is 3.04. The van der Waals surface area contributed by atoms with Gasteiger partial charge in [-0.15, -0.1) is 11.3 Å². The molecule has 6 heteroatoms. The van der Waals surface area contributed by atoms with E-state index in [0.29, 0.717) is 22.3 Å². The molecule has 0 amide bonds. The Morgan fingerprint density at radius 3 is 2.24 bits per heavy atom. The molecule has 3 rings (SSSR count). The summed E-state index contributed by atoms with van der Waals surface area (Å²) in [7, 11) is -1.94. The smallest absolute Gasteiger partial charge is 0.413 e. The largest absolute Gasteiger partial charge is 0.426 e. The number of benzene rings is 2. The second-order valence-electron chi connectivity index (χ2n) is 9.00. The van der Waals surface area contributed by atoms with Crippen molar-refractivity contribution >= 4 is 29.7 Å². The summed E-state index contributed by atoms with van der Waals surface area (Å²) in [4.78, 5) is -0.538. The molecule has 1 aromatic heterocycles. The number of alkyl halides is 3. The Hall–Kier alpha value is -1.63. The average Bonchev–Trinajstić information content (AvgIpc) is 2.98. The van der Waals surface area contributed by atoms with E-state index in [0.717, 1.165) is 22.5 Å². The van der Waals surface area contributed by atoms with Gasteiger partial charge in [-0.25, -0.2) is 0 Å². The molecule has 0 aliphatic heterocycles. The fraction of sp³-hybridized carbons (Fsp3) is 0.391. The number of hydrogen-bond acceptors (Lipinski definition) is 2. The van der Waals surface area contributed by atoms with Gasteiger partial charge in [0.2, 0.25) is 0 Å². The van der Waals surface area contributed by atoms with Crippen molar-refractivity contribution < 1.29 is 17.6 Å². The monoisotopic (exact) mass is 436 g/mol. The molecule has 0 unspecified atom stereocenters. The maximum atomic E-state index is 13.8. The van der Waals surface area contributed by atoms with Crippen LogP contribution in [0.2, 0.25) is 18.1 Å². The van der Waals surface area contributed by atoms with E-state index < -0.39 is 19.4 Å². The number of hydrogen-bond donors (Lipinski definition) is 0. The van der Waals surface area contributed by atoms with Crippen molar-refractivity contribution in [3.05, 3.63) is 58.5 Å². The minimum Gasteiger partial charge on any atom is -0.413 e. The summed E-state index contributed by atoms with van der Waals surface area (Å²) < 4.78 is 48.4. The molecule has 1 heterocycles. The summed E-state index contributed by atoms with van der Waals surface area (Å²) in [6.45, 7) is 13.1. The summed E-state index contributed by atoms with van der Waals surface area (Å²) in [5, 5.41) is 0.725. The molecule has 0 aliphatic rings. The van der Waals surface area contributed by atoms with Gasteiger partial charge in [-0.05, 0) is 53.9 Å². The highest BCUT2D eigenvalue weighted by molar-refractivity contribution is 7.19. The van der Waals surface area contributed by atoms with Crippen LogP contribution in [0.15, 0.2) is 42.5 Å². The summed E-state index contributed by atoms with van der Waals surface area (Å²) in [5.41, 5.74) is 2.66. The second kappa shape index (κ2) is 7.56. The van der Waals surface area contributed by atoms with Gasteiger partial charge in [-0.1, -0.05) is 51.1 Å². The van der Waals surface area contributed by atoms with Crippen molar-refractivity contribution in [2.45, 2.75) is 58.6 Å². The van der Waals surface area contributed by atoms with E-state index in [-0.39, 0.29) is 10.6 Å². The van der Waals surface area contributed by atoms with Crippen LogP contribution in [0.5, 0.6) is 0 Å². The van der Waals surface area contributed by atoms with Crippen LogP contribution >= 0.6 is 11.3 Å². The van der Waals surface area contributed by atoms with Gasteiger partial charge < -0.3 is 4.43 Å². The Kier molecular flexibility index (Phi) is 5.75. The van der Waals surface area contributed by atoms with Crippen LogP contribution in [0, 0.1) is 6.92 Å². The SMILES string of the molecule is Cc1ccccc1-c1c(C(F)(F)F)sc2ccc(CO[Si](C)(C)C(C)(C)C)cc12. The Balaban J connectivity index is 2.11. The number of fused-ring (bicyclic) bond motifs is 1. The van der Waals surface area contributed by atoms with Gasteiger partial charge in [0.1, 0.15) is 4.88 Å². The van der Waals surface area contributed by atoms with E-state index in [2.05, 4.69) is 33.9 Å². The topological polar surface area (TPSA) is 9.23 Å². The van der Waals surface area contributed by atoms with Gasteiger partial charge in [0.25, 0.3) is 0 Å². The lowest BCUT2D eigenvalue weighted by molar-refractivity contribution is -0.133. The van der Waals surface area contributed by atoms with Crippen LogP contribution in [0.25, 0.3) is 21.2 Å². The third-order valence-corrected chi connectivity index (χ3v) is 11.5. The zero-order chi connectivity index (χ0) is 21.6. The van der Waals surface area contributed by atoms with Crippen LogP contribution in [0.3, 0.4) is 0 Å². The van der Waals surface area contributed by atoms with E-state index in [1.165, 1.54) is 0 Å². The molecule has 156 valence electrons. The molecule has 3 aromatic rings. The van der Waals surface area contributed by atoms with Crippen molar-refractivity contribution in [2.75, 3.05) is 0 Å². The summed E-state index contributed by atoms with van der Waals surface area (Å²) in [5.74, 6) is 0. The predicted molar refractivity (Wildman–Crippen MR) is 119 cm³/mol. The van der Waals surface area contributed by atoms with Gasteiger partial charge in [0.15, 0.2) is 8.32 Å². The maximum absolute atomic E-state index is 13.8. The molecule has 29 heavy (non-hydrogen) atoms. The molecule has 0 radical (unpaired) electrons. The Bertz CT molecular complexity index is 1030. The molecule has 1 nitrogen and oxygen atoms in total. The highest BCUT2D eigenvalue weighted by Crippen LogP contribution is 2.48. The van der Waals surface area contributed by atoms with Crippen LogP contribution in [-0.2, 0) is 17.2 Å². The summed E-state index contributed by atoms with van der Waals surface area (Å²) in [6.07, 6.45) is -4.39. The number of halogens is 3. The molecule has 0 fully saturated rings. The molecular formula is C23H27F3OSSi. The van der Waals surface area contributed by atoms with Crippen molar-refractivity contribution in [2.24, 2.45) is 0 Å². The molecule has 0 saturated heterocycles. The van der Waals surface area contributed by atoms with Crippen molar-refractivity contribution in [3.8, 4) is 11.1 Å². The van der Waals surface area contributed by atoms with E-state index >= 15 is 0 Å². The van der Waals surface area contributed by atoms with E-state index in [1.807, 2.05) is 31.2 Å². The number of rotatable bonds is 4. The predicted octanol–water partition coefficient (Wildman–Crippen LogP) is 8.42. The molecular weight excluding hydrogens is 409 g/mol.